The Kier molecular flexibility index (Phi) is 5.54. The molecule has 0 bridgehead atoms. The van der Waals surface area contributed by atoms with Crippen molar-refractivity contribution in [3.63, 3.8) is 0 Å². The summed E-state index contributed by atoms with van der Waals surface area (Å²) in [6.07, 6.45) is -0.665. The molecule has 2 aromatic rings. The van der Waals surface area contributed by atoms with E-state index < -0.39 is 18.1 Å². The lowest BCUT2D eigenvalue weighted by molar-refractivity contribution is -0.136. The first kappa shape index (κ1) is 15.6. The second kappa shape index (κ2) is 7.83. The van der Waals surface area contributed by atoms with Gasteiger partial charge in [0.1, 0.15) is 18.4 Å². The van der Waals surface area contributed by atoms with E-state index in [0.29, 0.717) is 5.75 Å². The van der Waals surface area contributed by atoms with Crippen LogP contribution in [0.5, 0.6) is 5.75 Å². The van der Waals surface area contributed by atoms with Crippen LogP contribution in [0.2, 0.25) is 0 Å². The SMILES string of the molecule is CC(NC(=O)OCc1ccccc1)C(=O)Oc1ccccc1. The Balaban J connectivity index is 1.77. The number of esters is 1. The van der Waals surface area contributed by atoms with Crippen LogP contribution in [0, 0.1) is 0 Å². The van der Waals surface area contributed by atoms with Gasteiger partial charge in [0, 0.05) is 0 Å². The summed E-state index contributed by atoms with van der Waals surface area (Å²) in [5.41, 5.74) is 0.872. The van der Waals surface area contributed by atoms with Crippen molar-refractivity contribution in [3.05, 3.63) is 66.2 Å². The van der Waals surface area contributed by atoms with Crippen molar-refractivity contribution in [2.75, 3.05) is 0 Å². The molecule has 22 heavy (non-hydrogen) atoms. The number of rotatable bonds is 5. The zero-order valence-corrected chi connectivity index (χ0v) is 12.2. The smallest absolute Gasteiger partial charge is 0.408 e. The van der Waals surface area contributed by atoms with Gasteiger partial charge in [0.25, 0.3) is 0 Å². The summed E-state index contributed by atoms with van der Waals surface area (Å²) < 4.78 is 10.2. The van der Waals surface area contributed by atoms with Crippen LogP contribution in [0.4, 0.5) is 4.79 Å². The van der Waals surface area contributed by atoms with E-state index in [1.165, 1.54) is 6.92 Å². The number of hydrogen-bond acceptors (Lipinski definition) is 4. The van der Waals surface area contributed by atoms with E-state index in [2.05, 4.69) is 5.32 Å². The monoisotopic (exact) mass is 299 g/mol. The van der Waals surface area contributed by atoms with E-state index >= 15 is 0 Å². The molecule has 0 aliphatic rings. The van der Waals surface area contributed by atoms with Crippen LogP contribution in [0.1, 0.15) is 12.5 Å². The van der Waals surface area contributed by atoms with Gasteiger partial charge in [0.15, 0.2) is 0 Å². The number of amides is 1. The minimum Gasteiger partial charge on any atom is -0.445 e. The molecule has 1 N–H and O–H groups in total. The van der Waals surface area contributed by atoms with Gasteiger partial charge < -0.3 is 14.8 Å². The number of carbonyl (C=O) groups is 2. The second-order valence-corrected chi connectivity index (χ2v) is 4.66. The maximum Gasteiger partial charge on any atom is 0.408 e. The molecule has 0 aliphatic heterocycles. The van der Waals surface area contributed by atoms with Crippen molar-refractivity contribution in [2.45, 2.75) is 19.6 Å². The molecule has 114 valence electrons. The quantitative estimate of drug-likeness (QED) is 0.681. The number of carbonyl (C=O) groups excluding carboxylic acids is 2. The van der Waals surface area contributed by atoms with E-state index in [1.807, 2.05) is 36.4 Å². The maximum absolute atomic E-state index is 11.8. The molecule has 1 atom stereocenters. The molecule has 5 nitrogen and oxygen atoms in total. The minimum atomic E-state index is -0.802. The molecule has 2 aromatic carbocycles. The van der Waals surface area contributed by atoms with Gasteiger partial charge in [-0.05, 0) is 24.6 Å². The Morgan fingerprint density at radius 2 is 1.59 bits per heavy atom. The molecular weight excluding hydrogens is 282 g/mol. The van der Waals surface area contributed by atoms with Crippen LogP contribution in [0.15, 0.2) is 60.7 Å². The lowest BCUT2D eigenvalue weighted by Crippen LogP contribution is -2.41. The van der Waals surface area contributed by atoms with Crippen LogP contribution in [0.25, 0.3) is 0 Å². The number of benzene rings is 2. The van der Waals surface area contributed by atoms with Crippen LogP contribution in [-0.4, -0.2) is 18.1 Å². The van der Waals surface area contributed by atoms with Gasteiger partial charge in [-0.3, -0.25) is 0 Å². The number of nitrogens with one attached hydrogen (secondary N) is 1. The molecule has 0 radical (unpaired) electrons. The van der Waals surface area contributed by atoms with Gasteiger partial charge in [-0.25, -0.2) is 9.59 Å². The van der Waals surface area contributed by atoms with Gasteiger partial charge in [-0.1, -0.05) is 48.5 Å². The normalized spacial score (nSPS) is 11.3. The average Bonchev–Trinajstić information content (AvgIpc) is 2.55. The summed E-state index contributed by atoms with van der Waals surface area (Å²) in [5, 5.41) is 2.43. The first-order chi connectivity index (χ1) is 10.6. The summed E-state index contributed by atoms with van der Waals surface area (Å²) in [6, 6.07) is 17.2. The standard InChI is InChI=1S/C17H17NO4/c1-13(16(19)22-15-10-6-3-7-11-15)18-17(20)21-12-14-8-4-2-5-9-14/h2-11,13H,12H2,1H3,(H,18,20). The molecule has 0 spiro atoms. The topological polar surface area (TPSA) is 64.6 Å². The highest BCUT2D eigenvalue weighted by atomic mass is 16.6. The van der Waals surface area contributed by atoms with E-state index in [0.717, 1.165) is 5.56 Å². The summed E-state index contributed by atoms with van der Waals surface area (Å²) in [6.45, 7) is 1.68. The lowest BCUT2D eigenvalue weighted by Gasteiger charge is -2.13. The minimum absolute atomic E-state index is 0.146. The molecule has 5 heteroatoms. The fraction of sp³-hybridized carbons (Fsp3) is 0.176. The predicted octanol–water partition coefficient (Wildman–Crippen LogP) is 2.91. The van der Waals surface area contributed by atoms with Crippen LogP contribution < -0.4 is 10.1 Å². The molecule has 0 aromatic heterocycles. The molecule has 0 heterocycles. The van der Waals surface area contributed by atoms with Gasteiger partial charge in [0.2, 0.25) is 0 Å². The van der Waals surface area contributed by atoms with E-state index in [1.54, 1.807) is 24.3 Å². The summed E-state index contributed by atoms with van der Waals surface area (Å²) in [7, 11) is 0. The van der Waals surface area contributed by atoms with Gasteiger partial charge in [-0.2, -0.15) is 0 Å². The Bertz CT molecular complexity index is 613. The first-order valence-electron chi connectivity index (χ1n) is 6.89. The Morgan fingerprint density at radius 3 is 2.23 bits per heavy atom. The Labute approximate surface area is 128 Å². The second-order valence-electron chi connectivity index (χ2n) is 4.66. The molecule has 2 rings (SSSR count). The molecule has 0 fully saturated rings. The fourth-order valence-corrected chi connectivity index (χ4v) is 1.69. The van der Waals surface area contributed by atoms with E-state index in [-0.39, 0.29) is 6.61 Å². The van der Waals surface area contributed by atoms with Crippen molar-refractivity contribution in [2.24, 2.45) is 0 Å². The Hall–Kier alpha value is -2.82. The molecule has 0 aliphatic carbocycles. The zero-order valence-electron chi connectivity index (χ0n) is 12.2. The fourth-order valence-electron chi connectivity index (χ4n) is 1.69. The van der Waals surface area contributed by atoms with Gasteiger partial charge in [0.05, 0.1) is 0 Å². The molecular formula is C17H17NO4. The van der Waals surface area contributed by atoms with Crippen molar-refractivity contribution in [1.82, 2.24) is 5.32 Å². The van der Waals surface area contributed by atoms with Crippen molar-refractivity contribution >= 4 is 12.1 Å². The average molecular weight is 299 g/mol. The Morgan fingerprint density at radius 1 is 1.00 bits per heavy atom. The van der Waals surface area contributed by atoms with E-state index in [4.69, 9.17) is 9.47 Å². The third kappa shape index (κ3) is 4.94. The van der Waals surface area contributed by atoms with Crippen LogP contribution in [-0.2, 0) is 16.1 Å². The predicted molar refractivity (Wildman–Crippen MR) is 81.3 cm³/mol. The molecule has 1 amide bonds. The highest BCUT2D eigenvalue weighted by Crippen LogP contribution is 2.09. The maximum atomic E-state index is 11.8. The number of ether oxygens (including phenoxy) is 2. The number of para-hydroxylation sites is 1. The van der Waals surface area contributed by atoms with Crippen molar-refractivity contribution in [3.8, 4) is 5.75 Å². The third-order valence-corrected chi connectivity index (χ3v) is 2.86. The third-order valence-electron chi connectivity index (χ3n) is 2.86. The molecule has 0 saturated carbocycles. The lowest BCUT2D eigenvalue weighted by atomic mass is 10.2. The van der Waals surface area contributed by atoms with Crippen LogP contribution >= 0.6 is 0 Å². The first-order valence-corrected chi connectivity index (χ1v) is 6.89. The summed E-state index contributed by atoms with van der Waals surface area (Å²) in [5.74, 6) is -0.123. The number of alkyl carbamates (subject to hydrolysis) is 1. The van der Waals surface area contributed by atoms with Gasteiger partial charge >= 0.3 is 12.1 Å². The highest BCUT2D eigenvalue weighted by molar-refractivity contribution is 5.82. The number of hydrogen-bond donors (Lipinski definition) is 1. The molecule has 1 unspecified atom stereocenters. The van der Waals surface area contributed by atoms with Gasteiger partial charge in [-0.15, -0.1) is 0 Å². The van der Waals surface area contributed by atoms with Crippen molar-refractivity contribution in [1.29, 1.82) is 0 Å². The highest BCUT2D eigenvalue weighted by Gasteiger charge is 2.18. The van der Waals surface area contributed by atoms with Crippen molar-refractivity contribution < 1.29 is 19.1 Å². The molecule has 0 saturated heterocycles. The van der Waals surface area contributed by atoms with E-state index in [9.17, 15) is 9.59 Å². The summed E-state index contributed by atoms with van der Waals surface area (Å²) >= 11 is 0. The largest absolute Gasteiger partial charge is 0.445 e. The summed E-state index contributed by atoms with van der Waals surface area (Å²) in [4.78, 5) is 23.5. The zero-order chi connectivity index (χ0) is 15.8. The van der Waals surface area contributed by atoms with Crippen LogP contribution in [0.3, 0.4) is 0 Å².